The van der Waals surface area contributed by atoms with Gasteiger partial charge in [-0.3, -0.25) is 4.21 Å². The van der Waals surface area contributed by atoms with Gasteiger partial charge in [0, 0.05) is 16.0 Å². The Morgan fingerprint density at radius 2 is 1.59 bits per heavy atom. The summed E-state index contributed by atoms with van der Waals surface area (Å²) in [5.74, 6) is 0.658. The number of rotatable bonds is 3. The minimum absolute atomic E-state index is 0.275. The van der Waals surface area contributed by atoms with Gasteiger partial charge in [0.25, 0.3) is 0 Å². The van der Waals surface area contributed by atoms with E-state index in [1.54, 1.807) is 37.4 Å². The van der Waals surface area contributed by atoms with Crippen molar-refractivity contribution >= 4 is 11.1 Å². The maximum Gasteiger partial charge on any atom is 0.126 e. The second kappa shape index (κ2) is 5.12. The maximum absolute atomic E-state index is 11.2. The number of hydrogen-bond acceptors (Lipinski definition) is 3. The van der Waals surface area contributed by atoms with Crippen LogP contribution in [0.4, 0.5) is 0 Å². The molecule has 0 aliphatic carbocycles. The fourth-order valence-corrected chi connectivity index (χ4v) is 2.25. The molecule has 0 heterocycles. The van der Waals surface area contributed by atoms with Crippen LogP contribution in [0.3, 0.4) is 0 Å². The zero-order chi connectivity index (χ0) is 12.3. The minimum Gasteiger partial charge on any atom is -0.768 e. The minimum atomic E-state index is -2.26. The van der Waals surface area contributed by atoms with Crippen LogP contribution in [0.25, 0.3) is 11.1 Å². The van der Waals surface area contributed by atoms with Crippen molar-refractivity contribution < 1.29 is 13.5 Å². The molecule has 0 radical (unpaired) electrons. The number of methoxy groups -OCH3 is 1. The second-order valence-electron chi connectivity index (χ2n) is 3.43. The fourth-order valence-electron chi connectivity index (χ4n) is 1.70. The van der Waals surface area contributed by atoms with Crippen molar-refractivity contribution in [3.8, 4) is 16.9 Å². The molecule has 0 saturated heterocycles. The molecule has 0 saturated carbocycles. The van der Waals surface area contributed by atoms with Crippen LogP contribution in [0.2, 0.25) is 0 Å². The summed E-state index contributed by atoms with van der Waals surface area (Å²) < 4.78 is 27.5. The van der Waals surface area contributed by atoms with Crippen molar-refractivity contribution in [1.82, 2.24) is 0 Å². The normalized spacial score (nSPS) is 12.1. The van der Waals surface area contributed by atoms with Crippen LogP contribution >= 0.6 is 0 Å². The highest BCUT2D eigenvalue weighted by molar-refractivity contribution is 7.79. The lowest BCUT2D eigenvalue weighted by molar-refractivity contribution is 0.416. The Labute approximate surface area is 102 Å². The van der Waals surface area contributed by atoms with E-state index in [1.165, 1.54) is 0 Å². The van der Waals surface area contributed by atoms with E-state index in [4.69, 9.17) is 4.74 Å². The molecule has 1 atom stereocenters. The third-order valence-corrected chi connectivity index (χ3v) is 3.18. The molecule has 0 spiro atoms. The van der Waals surface area contributed by atoms with E-state index in [9.17, 15) is 8.76 Å². The first-order valence-electron chi connectivity index (χ1n) is 5.05. The number of benzene rings is 2. The molecule has 0 N–H and O–H groups in total. The van der Waals surface area contributed by atoms with Crippen LogP contribution < -0.4 is 4.74 Å². The summed E-state index contributed by atoms with van der Waals surface area (Å²) in [6.45, 7) is 0. The largest absolute Gasteiger partial charge is 0.768 e. The summed E-state index contributed by atoms with van der Waals surface area (Å²) in [6, 6.07) is 14.2. The smallest absolute Gasteiger partial charge is 0.126 e. The molecule has 0 aromatic heterocycles. The summed E-state index contributed by atoms with van der Waals surface area (Å²) in [7, 11) is 1.57. The van der Waals surface area contributed by atoms with Gasteiger partial charge in [-0.1, -0.05) is 36.4 Å². The van der Waals surface area contributed by atoms with E-state index in [1.807, 2.05) is 18.2 Å². The van der Waals surface area contributed by atoms with Gasteiger partial charge < -0.3 is 9.29 Å². The monoisotopic (exact) mass is 247 g/mol. The fraction of sp³-hybridized carbons (Fsp3) is 0.0769. The summed E-state index contributed by atoms with van der Waals surface area (Å²) in [5, 5.41) is 0. The van der Waals surface area contributed by atoms with Crippen LogP contribution in [0.1, 0.15) is 0 Å². The topological polar surface area (TPSA) is 49.4 Å². The van der Waals surface area contributed by atoms with E-state index >= 15 is 0 Å². The third kappa shape index (κ3) is 2.38. The molecule has 0 aliphatic heterocycles. The lowest BCUT2D eigenvalue weighted by Gasteiger charge is -2.14. The molecular formula is C13H11O3S-. The molecule has 3 nitrogen and oxygen atoms in total. The number of para-hydroxylation sites is 1. The van der Waals surface area contributed by atoms with E-state index < -0.39 is 11.1 Å². The van der Waals surface area contributed by atoms with E-state index in [0.717, 1.165) is 5.56 Å². The van der Waals surface area contributed by atoms with Crippen molar-refractivity contribution in [2.45, 2.75) is 4.90 Å². The first-order valence-corrected chi connectivity index (χ1v) is 6.13. The molecule has 4 heteroatoms. The quantitative estimate of drug-likeness (QED) is 0.783. The maximum atomic E-state index is 11.2. The molecule has 0 aliphatic rings. The highest BCUT2D eigenvalue weighted by atomic mass is 32.2. The molecular weight excluding hydrogens is 236 g/mol. The van der Waals surface area contributed by atoms with E-state index in [2.05, 4.69) is 0 Å². The van der Waals surface area contributed by atoms with Crippen LogP contribution in [-0.2, 0) is 11.1 Å². The Balaban J connectivity index is 2.64. The summed E-state index contributed by atoms with van der Waals surface area (Å²) in [6.07, 6.45) is 0. The van der Waals surface area contributed by atoms with Gasteiger partial charge in [-0.15, -0.1) is 0 Å². The van der Waals surface area contributed by atoms with Crippen LogP contribution in [0.5, 0.6) is 5.75 Å². The summed E-state index contributed by atoms with van der Waals surface area (Å²) in [4.78, 5) is 0.275. The highest BCUT2D eigenvalue weighted by Gasteiger charge is 2.09. The first kappa shape index (κ1) is 11.8. The zero-order valence-electron chi connectivity index (χ0n) is 9.25. The lowest BCUT2D eigenvalue weighted by Crippen LogP contribution is -1.94. The van der Waals surface area contributed by atoms with Gasteiger partial charge in [-0.05, 0) is 23.2 Å². The van der Waals surface area contributed by atoms with Crippen molar-refractivity contribution in [2.24, 2.45) is 0 Å². The zero-order valence-corrected chi connectivity index (χ0v) is 10.1. The molecule has 17 heavy (non-hydrogen) atoms. The number of ether oxygens (including phenoxy) is 1. The summed E-state index contributed by atoms with van der Waals surface area (Å²) in [5.41, 5.74) is 1.42. The standard InChI is InChI=1S/C13H12O3S/c1-16-12-8-4-2-6-10(12)11-7-3-5-9-13(11)17(14)15/h2-9H,1H3,(H,14,15)/p-1. The van der Waals surface area contributed by atoms with Gasteiger partial charge >= 0.3 is 0 Å². The molecule has 88 valence electrons. The van der Waals surface area contributed by atoms with Gasteiger partial charge in [-0.2, -0.15) is 0 Å². The van der Waals surface area contributed by atoms with Crippen molar-refractivity contribution in [1.29, 1.82) is 0 Å². The SMILES string of the molecule is COc1ccccc1-c1ccccc1S(=O)[O-]. The molecule has 2 aromatic rings. The van der Waals surface area contributed by atoms with Crippen LogP contribution in [-0.4, -0.2) is 15.9 Å². The van der Waals surface area contributed by atoms with E-state index in [0.29, 0.717) is 11.3 Å². The van der Waals surface area contributed by atoms with Crippen LogP contribution in [0.15, 0.2) is 53.4 Å². The highest BCUT2D eigenvalue weighted by Crippen LogP contribution is 2.32. The Bertz CT molecular complexity index is 552. The van der Waals surface area contributed by atoms with Gasteiger partial charge in [-0.25, -0.2) is 0 Å². The molecule has 2 aromatic carbocycles. The Morgan fingerprint density at radius 3 is 2.24 bits per heavy atom. The molecule has 2 rings (SSSR count). The van der Waals surface area contributed by atoms with Crippen molar-refractivity contribution in [2.75, 3.05) is 7.11 Å². The number of hydrogen-bond donors (Lipinski definition) is 0. The molecule has 0 fully saturated rings. The van der Waals surface area contributed by atoms with Gasteiger partial charge in [0.15, 0.2) is 0 Å². The van der Waals surface area contributed by atoms with Crippen molar-refractivity contribution in [3.63, 3.8) is 0 Å². The Hall–Kier alpha value is -1.65. The Morgan fingerprint density at radius 1 is 1.00 bits per heavy atom. The van der Waals surface area contributed by atoms with Crippen LogP contribution in [0, 0.1) is 0 Å². The molecule has 0 bridgehead atoms. The first-order chi connectivity index (χ1) is 8.24. The average Bonchev–Trinajstić information content (AvgIpc) is 2.38. The lowest BCUT2D eigenvalue weighted by atomic mass is 10.0. The second-order valence-corrected chi connectivity index (χ2v) is 4.34. The molecule has 1 unspecified atom stereocenters. The van der Waals surface area contributed by atoms with Gasteiger partial charge in [0.2, 0.25) is 0 Å². The molecule has 0 amide bonds. The van der Waals surface area contributed by atoms with Gasteiger partial charge in [0.1, 0.15) is 5.75 Å². The van der Waals surface area contributed by atoms with E-state index in [-0.39, 0.29) is 4.90 Å². The van der Waals surface area contributed by atoms with Crippen molar-refractivity contribution in [3.05, 3.63) is 48.5 Å². The predicted molar refractivity (Wildman–Crippen MR) is 65.6 cm³/mol. The third-order valence-electron chi connectivity index (χ3n) is 2.46. The average molecular weight is 247 g/mol. The predicted octanol–water partition coefficient (Wildman–Crippen LogP) is 2.60. The Kier molecular flexibility index (Phi) is 3.56. The summed E-state index contributed by atoms with van der Waals surface area (Å²) >= 11 is -2.26. The van der Waals surface area contributed by atoms with Gasteiger partial charge in [0.05, 0.1) is 7.11 Å².